The summed E-state index contributed by atoms with van der Waals surface area (Å²) in [6.07, 6.45) is 3.87. The van der Waals surface area contributed by atoms with Gasteiger partial charge in [-0.05, 0) is 43.4 Å². The molecule has 120 valence electrons. The molecule has 1 N–H and O–H groups in total. The quantitative estimate of drug-likeness (QED) is 0.868. The van der Waals surface area contributed by atoms with E-state index in [1.54, 1.807) is 24.3 Å². The Labute approximate surface area is 136 Å². The predicted molar refractivity (Wildman–Crippen MR) is 89.0 cm³/mol. The summed E-state index contributed by atoms with van der Waals surface area (Å²) in [7, 11) is 0. The molecule has 23 heavy (non-hydrogen) atoms. The minimum atomic E-state index is -0.348. The second-order valence-corrected chi connectivity index (χ2v) is 6.54. The van der Waals surface area contributed by atoms with Crippen molar-refractivity contribution in [3.05, 3.63) is 41.5 Å². The van der Waals surface area contributed by atoms with Crippen molar-refractivity contribution in [2.24, 2.45) is 10.5 Å². The lowest BCUT2D eigenvalue weighted by Crippen LogP contribution is -2.28. The van der Waals surface area contributed by atoms with Crippen LogP contribution in [-0.4, -0.2) is 18.2 Å². The third-order valence-corrected chi connectivity index (χ3v) is 3.52. The Kier molecular flexibility index (Phi) is 5.17. The van der Waals surface area contributed by atoms with Crippen LogP contribution in [-0.2, 0) is 4.79 Å². The number of nitrogens with zero attached hydrogens (tertiary/aromatic N) is 2. The zero-order valence-electron chi connectivity index (χ0n) is 13.7. The molecule has 2 rings (SSSR count). The van der Waals surface area contributed by atoms with Gasteiger partial charge in [0.05, 0.1) is 11.3 Å². The topological polar surface area (TPSA) is 74.5 Å². The SMILES string of the molecule is CC1=C/C(=N/NC(=O)COc2ccccc2C#N)CC(C)(C)C1. The highest BCUT2D eigenvalue weighted by atomic mass is 16.5. The van der Waals surface area contributed by atoms with Crippen LogP contribution in [0.3, 0.4) is 0 Å². The van der Waals surface area contributed by atoms with Crippen molar-refractivity contribution >= 4 is 11.6 Å². The van der Waals surface area contributed by atoms with Gasteiger partial charge in [0.25, 0.3) is 5.91 Å². The van der Waals surface area contributed by atoms with Crippen molar-refractivity contribution in [3.8, 4) is 11.8 Å². The summed E-state index contributed by atoms with van der Waals surface area (Å²) in [5, 5.41) is 13.2. The minimum absolute atomic E-state index is 0.157. The van der Waals surface area contributed by atoms with Crippen molar-refractivity contribution in [2.45, 2.75) is 33.6 Å². The summed E-state index contributed by atoms with van der Waals surface area (Å²) in [4.78, 5) is 11.9. The molecule has 1 aliphatic carbocycles. The molecule has 0 bridgehead atoms. The second kappa shape index (κ2) is 7.10. The van der Waals surface area contributed by atoms with Crippen LogP contribution < -0.4 is 10.2 Å². The van der Waals surface area contributed by atoms with E-state index in [9.17, 15) is 4.79 Å². The molecule has 0 saturated heterocycles. The van der Waals surface area contributed by atoms with E-state index in [-0.39, 0.29) is 17.9 Å². The number of rotatable bonds is 4. The average Bonchev–Trinajstić information content (AvgIpc) is 2.49. The summed E-state index contributed by atoms with van der Waals surface area (Å²) in [6, 6.07) is 8.83. The number of hydrazone groups is 1. The molecule has 1 aromatic rings. The number of nitrogens with one attached hydrogen (secondary N) is 1. The van der Waals surface area contributed by atoms with Crippen LogP contribution in [0.2, 0.25) is 0 Å². The first kappa shape index (κ1) is 16.8. The van der Waals surface area contributed by atoms with Crippen LogP contribution in [0, 0.1) is 16.7 Å². The number of nitriles is 1. The summed E-state index contributed by atoms with van der Waals surface area (Å²) in [5.41, 5.74) is 5.20. The smallest absolute Gasteiger partial charge is 0.277 e. The van der Waals surface area contributed by atoms with Gasteiger partial charge in [-0.3, -0.25) is 4.79 Å². The third kappa shape index (κ3) is 4.96. The Balaban J connectivity index is 1.92. The van der Waals surface area contributed by atoms with Gasteiger partial charge in [-0.25, -0.2) is 5.43 Å². The molecule has 0 aliphatic heterocycles. The first-order valence-electron chi connectivity index (χ1n) is 7.54. The largest absolute Gasteiger partial charge is 0.482 e. The zero-order valence-corrected chi connectivity index (χ0v) is 13.7. The number of carbonyl (C=O) groups is 1. The molecule has 0 fully saturated rings. The average molecular weight is 311 g/mol. The van der Waals surface area contributed by atoms with E-state index in [1.807, 2.05) is 12.1 Å². The molecule has 1 amide bonds. The van der Waals surface area contributed by atoms with Crippen molar-refractivity contribution in [2.75, 3.05) is 6.61 Å². The fourth-order valence-corrected chi connectivity index (χ4v) is 2.76. The standard InChI is InChI=1S/C18H21N3O2/c1-13-8-15(10-18(2,3)9-13)20-21-17(22)12-23-16-7-5-4-6-14(16)11-19/h4-8H,9-10,12H2,1-3H3,(H,21,22)/b20-15-. The van der Waals surface area contributed by atoms with Crippen LogP contribution in [0.25, 0.3) is 0 Å². The molecular formula is C18H21N3O2. The summed E-state index contributed by atoms with van der Waals surface area (Å²) < 4.78 is 5.37. The van der Waals surface area contributed by atoms with Gasteiger partial charge >= 0.3 is 0 Å². The normalized spacial score (nSPS) is 18.0. The number of allylic oxidation sites excluding steroid dienone is 2. The molecule has 0 heterocycles. The number of carbonyl (C=O) groups excluding carboxylic acids is 1. The number of amides is 1. The van der Waals surface area contributed by atoms with Gasteiger partial charge in [0.1, 0.15) is 11.8 Å². The molecule has 5 heteroatoms. The van der Waals surface area contributed by atoms with Gasteiger partial charge in [0.2, 0.25) is 0 Å². The van der Waals surface area contributed by atoms with E-state index < -0.39 is 0 Å². The minimum Gasteiger partial charge on any atom is -0.482 e. The van der Waals surface area contributed by atoms with E-state index in [2.05, 4.69) is 31.3 Å². The van der Waals surface area contributed by atoms with Crippen LogP contribution in [0.1, 0.15) is 39.2 Å². The molecule has 0 aromatic heterocycles. The molecular weight excluding hydrogens is 290 g/mol. The second-order valence-electron chi connectivity index (χ2n) is 6.54. The van der Waals surface area contributed by atoms with Crippen LogP contribution >= 0.6 is 0 Å². The summed E-state index contributed by atoms with van der Waals surface area (Å²) in [6.45, 7) is 6.26. The molecule has 0 saturated carbocycles. The number of hydrogen-bond acceptors (Lipinski definition) is 4. The zero-order chi connectivity index (χ0) is 16.9. The van der Waals surface area contributed by atoms with Crippen molar-refractivity contribution < 1.29 is 9.53 Å². The highest BCUT2D eigenvalue weighted by Gasteiger charge is 2.24. The van der Waals surface area contributed by atoms with Crippen LogP contribution in [0.15, 0.2) is 41.0 Å². The van der Waals surface area contributed by atoms with Gasteiger partial charge in [0.15, 0.2) is 6.61 Å². The van der Waals surface area contributed by atoms with Crippen molar-refractivity contribution in [1.82, 2.24) is 5.43 Å². The van der Waals surface area contributed by atoms with Crippen LogP contribution in [0.5, 0.6) is 5.75 Å². The van der Waals surface area contributed by atoms with Gasteiger partial charge in [-0.2, -0.15) is 10.4 Å². The molecule has 0 spiro atoms. The fraction of sp³-hybridized carbons (Fsp3) is 0.389. The maximum atomic E-state index is 11.9. The number of para-hydroxylation sites is 1. The lowest BCUT2D eigenvalue weighted by molar-refractivity contribution is -0.123. The Morgan fingerprint density at radius 2 is 2.13 bits per heavy atom. The molecule has 0 radical (unpaired) electrons. The van der Waals surface area contributed by atoms with Gasteiger partial charge in [-0.1, -0.05) is 31.6 Å². The van der Waals surface area contributed by atoms with Gasteiger partial charge in [0, 0.05) is 0 Å². The number of hydrogen-bond donors (Lipinski definition) is 1. The Bertz CT molecular complexity index is 696. The lowest BCUT2D eigenvalue weighted by atomic mass is 9.77. The van der Waals surface area contributed by atoms with Crippen LogP contribution in [0.4, 0.5) is 0 Å². The molecule has 1 aliphatic rings. The van der Waals surface area contributed by atoms with Gasteiger partial charge in [-0.15, -0.1) is 0 Å². The highest BCUT2D eigenvalue weighted by molar-refractivity contribution is 5.97. The number of benzene rings is 1. The van der Waals surface area contributed by atoms with E-state index in [4.69, 9.17) is 10.00 Å². The van der Waals surface area contributed by atoms with E-state index in [1.165, 1.54) is 5.57 Å². The first-order valence-corrected chi connectivity index (χ1v) is 7.54. The third-order valence-electron chi connectivity index (χ3n) is 3.52. The lowest BCUT2D eigenvalue weighted by Gasteiger charge is -2.29. The maximum Gasteiger partial charge on any atom is 0.277 e. The summed E-state index contributed by atoms with van der Waals surface area (Å²) in [5.74, 6) is 0.0482. The molecule has 5 nitrogen and oxygen atoms in total. The highest BCUT2D eigenvalue weighted by Crippen LogP contribution is 2.33. The number of ether oxygens (including phenoxy) is 1. The Hall–Kier alpha value is -2.61. The Morgan fingerprint density at radius 3 is 2.83 bits per heavy atom. The van der Waals surface area contributed by atoms with Crippen molar-refractivity contribution in [1.29, 1.82) is 5.26 Å². The van der Waals surface area contributed by atoms with E-state index >= 15 is 0 Å². The first-order chi connectivity index (χ1) is 10.9. The fourth-order valence-electron chi connectivity index (χ4n) is 2.76. The predicted octanol–water partition coefficient (Wildman–Crippen LogP) is 3.18. The maximum absolute atomic E-state index is 11.9. The summed E-state index contributed by atoms with van der Waals surface area (Å²) >= 11 is 0. The monoisotopic (exact) mass is 311 g/mol. The van der Waals surface area contributed by atoms with Gasteiger partial charge < -0.3 is 4.74 Å². The van der Waals surface area contributed by atoms with E-state index in [0.717, 1.165) is 18.6 Å². The van der Waals surface area contributed by atoms with Crippen molar-refractivity contribution in [3.63, 3.8) is 0 Å². The molecule has 0 atom stereocenters. The molecule has 1 aromatic carbocycles. The Morgan fingerprint density at radius 1 is 1.39 bits per heavy atom. The van der Waals surface area contributed by atoms with E-state index in [0.29, 0.717) is 11.3 Å². The molecule has 0 unspecified atom stereocenters.